The first kappa shape index (κ1) is 10.1. The summed E-state index contributed by atoms with van der Waals surface area (Å²) in [6, 6.07) is 3.67. The predicted molar refractivity (Wildman–Crippen MR) is 55.5 cm³/mol. The largest absolute Gasteiger partial charge is 0.308 e. The molecule has 1 rings (SSSR count). The van der Waals surface area contributed by atoms with Gasteiger partial charge in [-0.25, -0.2) is 10.8 Å². The Kier molecular flexibility index (Phi) is 3.39. The molecule has 0 spiro atoms. The standard InChI is InChI=1S/C8H14N4S/c1-6(2)13(10)7-3-4-8(12-9)11-5-7/h3-6,10H,9H2,1-2H3,(H,11,12). The lowest BCUT2D eigenvalue weighted by molar-refractivity contribution is 1.08. The minimum Gasteiger partial charge on any atom is -0.308 e. The van der Waals surface area contributed by atoms with E-state index in [9.17, 15) is 0 Å². The zero-order valence-corrected chi connectivity index (χ0v) is 8.56. The maximum atomic E-state index is 7.83. The molecule has 0 aliphatic rings. The van der Waals surface area contributed by atoms with Crippen molar-refractivity contribution in [2.24, 2.45) is 5.84 Å². The monoisotopic (exact) mass is 198 g/mol. The van der Waals surface area contributed by atoms with Crippen molar-refractivity contribution in [1.29, 1.82) is 4.78 Å². The van der Waals surface area contributed by atoms with Crippen LogP contribution in [-0.4, -0.2) is 10.2 Å². The smallest absolute Gasteiger partial charge is 0.139 e. The van der Waals surface area contributed by atoms with Crippen LogP contribution < -0.4 is 11.3 Å². The molecule has 5 heteroatoms. The van der Waals surface area contributed by atoms with Gasteiger partial charge in [-0.15, -0.1) is 0 Å². The third-order valence-corrected chi connectivity index (χ3v) is 3.30. The van der Waals surface area contributed by atoms with E-state index in [2.05, 4.69) is 10.4 Å². The van der Waals surface area contributed by atoms with Crippen molar-refractivity contribution >= 4 is 16.5 Å². The van der Waals surface area contributed by atoms with Crippen LogP contribution in [0.3, 0.4) is 0 Å². The Bertz CT molecular complexity index is 294. The Balaban J connectivity index is 2.86. The molecular weight excluding hydrogens is 184 g/mol. The SMILES string of the molecule is CC(C)S(=N)c1ccc(NN)nc1. The lowest BCUT2D eigenvalue weighted by Gasteiger charge is -2.08. The first-order valence-electron chi connectivity index (χ1n) is 4.02. The molecule has 4 N–H and O–H groups in total. The van der Waals surface area contributed by atoms with Crippen LogP contribution in [0.4, 0.5) is 5.82 Å². The Morgan fingerprint density at radius 1 is 1.54 bits per heavy atom. The molecule has 0 aliphatic heterocycles. The van der Waals surface area contributed by atoms with Crippen LogP contribution in [0.25, 0.3) is 0 Å². The number of nitrogen functional groups attached to an aromatic ring is 1. The first-order valence-corrected chi connectivity index (χ1v) is 5.31. The minimum atomic E-state index is -0.476. The molecule has 0 fully saturated rings. The van der Waals surface area contributed by atoms with Crippen molar-refractivity contribution in [1.82, 2.24) is 4.98 Å². The predicted octanol–water partition coefficient (Wildman–Crippen LogP) is 1.52. The van der Waals surface area contributed by atoms with Gasteiger partial charge in [-0.1, -0.05) is 24.5 Å². The number of aromatic nitrogens is 1. The summed E-state index contributed by atoms with van der Waals surface area (Å²) >= 11 is 0. The van der Waals surface area contributed by atoms with E-state index in [1.54, 1.807) is 12.3 Å². The van der Waals surface area contributed by atoms with E-state index in [0.717, 1.165) is 4.90 Å². The van der Waals surface area contributed by atoms with Crippen LogP contribution in [0.15, 0.2) is 23.2 Å². The third-order valence-electron chi connectivity index (χ3n) is 1.61. The molecule has 0 saturated carbocycles. The van der Waals surface area contributed by atoms with E-state index >= 15 is 0 Å². The molecule has 0 saturated heterocycles. The Labute approximate surface area is 80.4 Å². The fourth-order valence-electron chi connectivity index (χ4n) is 0.868. The summed E-state index contributed by atoms with van der Waals surface area (Å²) in [6.07, 6.45) is 1.70. The molecule has 13 heavy (non-hydrogen) atoms. The maximum absolute atomic E-state index is 7.83. The van der Waals surface area contributed by atoms with Crippen LogP contribution >= 0.6 is 0 Å². The number of nitrogens with one attached hydrogen (secondary N) is 2. The molecule has 0 aromatic carbocycles. The summed E-state index contributed by atoms with van der Waals surface area (Å²) in [7, 11) is -0.476. The van der Waals surface area contributed by atoms with Gasteiger partial charge in [0.2, 0.25) is 0 Å². The van der Waals surface area contributed by atoms with E-state index in [0.29, 0.717) is 11.1 Å². The molecule has 0 bridgehead atoms. The lowest BCUT2D eigenvalue weighted by Crippen LogP contribution is -2.09. The quantitative estimate of drug-likeness (QED) is 0.509. The fourth-order valence-corrected chi connectivity index (χ4v) is 1.79. The highest BCUT2D eigenvalue weighted by Gasteiger charge is 2.03. The number of anilines is 1. The Morgan fingerprint density at radius 2 is 2.23 bits per heavy atom. The second-order valence-electron chi connectivity index (χ2n) is 2.91. The summed E-state index contributed by atoms with van der Waals surface area (Å²) in [5.74, 6) is 5.81. The second kappa shape index (κ2) is 4.34. The summed E-state index contributed by atoms with van der Waals surface area (Å²) in [5.41, 5.74) is 2.45. The molecule has 1 aromatic rings. The van der Waals surface area contributed by atoms with Crippen molar-refractivity contribution in [2.45, 2.75) is 24.0 Å². The third kappa shape index (κ3) is 2.50. The molecule has 0 aliphatic carbocycles. The zero-order chi connectivity index (χ0) is 9.84. The average molecular weight is 198 g/mol. The van der Waals surface area contributed by atoms with Gasteiger partial charge in [0.15, 0.2) is 0 Å². The number of rotatable bonds is 3. The number of nitrogens with zero attached hydrogens (tertiary/aromatic N) is 1. The van der Waals surface area contributed by atoms with Crippen LogP contribution in [0.1, 0.15) is 13.8 Å². The van der Waals surface area contributed by atoms with Gasteiger partial charge in [0.25, 0.3) is 0 Å². The lowest BCUT2D eigenvalue weighted by atomic mass is 10.5. The van der Waals surface area contributed by atoms with Crippen LogP contribution in [0.2, 0.25) is 0 Å². The highest BCUT2D eigenvalue weighted by Crippen LogP contribution is 2.12. The van der Waals surface area contributed by atoms with Crippen molar-refractivity contribution < 1.29 is 0 Å². The number of hydrogen-bond acceptors (Lipinski definition) is 4. The van der Waals surface area contributed by atoms with Crippen LogP contribution in [0.5, 0.6) is 0 Å². The number of hydrogen-bond donors (Lipinski definition) is 3. The van der Waals surface area contributed by atoms with Gasteiger partial charge >= 0.3 is 0 Å². The van der Waals surface area contributed by atoms with E-state index in [1.807, 2.05) is 19.9 Å². The molecule has 0 amide bonds. The second-order valence-corrected chi connectivity index (χ2v) is 5.00. The van der Waals surface area contributed by atoms with E-state index in [-0.39, 0.29) is 0 Å². The van der Waals surface area contributed by atoms with E-state index in [1.165, 1.54) is 0 Å². The molecule has 1 heterocycles. The maximum Gasteiger partial charge on any atom is 0.139 e. The highest BCUT2D eigenvalue weighted by molar-refractivity contribution is 7.86. The molecule has 1 aromatic heterocycles. The zero-order valence-electron chi connectivity index (χ0n) is 7.74. The van der Waals surface area contributed by atoms with E-state index in [4.69, 9.17) is 10.6 Å². The fraction of sp³-hybridized carbons (Fsp3) is 0.375. The van der Waals surface area contributed by atoms with Gasteiger partial charge < -0.3 is 5.43 Å². The van der Waals surface area contributed by atoms with Gasteiger partial charge in [0, 0.05) is 16.3 Å². The van der Waals surface area contributed by atoms with Crippen molar-refractivity contribution in [2.75, 3.05) is 5.43 Å². The van der Waals surface area contributed by atoms with E-state index < -0.39 is 10.7 Å². The van der Waals surface area contributed by atoms with Crippen molar-refractivity contribution in [3.05, 3.63) is 18.3 Å². The Hall–Kier alpha value is -0.940. The van der Waals surface area contributed by atoms with Crippen LogP contribution in [-0.2, 0) is 10.7 Å². The topological polar surface area (TPSA) is 74.8 Å². The molecular formula is C8H14N4S. The number of pyridine rings is 1. The van der Waals surface area contributed by atoms with Gasteiger partial charge in [-0.2, -0.15) is 0 Å². The highest BCUT2D eigenvalue weighted by atomic mass is 32.2. The van der Waals surface area contributed by atoms with Crippen LogP contribution in [0, 0.1) is 4.78 Å². The Morgan fingerprint density at radius 3 is 2.62 bits per heavy atom. The average Bonchev–Trinajstić information content (AvgIpc) is 2.17. The van der Waals surface area contributed by atoms with Gasteiger partial charge in [-0.05, 0) is 12.1 Å². The normalized spacial score (nSPS) is 12.9. The number of hydrazine groups is 1. The summed E-state index contributed by atoms with van der Waals surface area (Å²) < 4.78 is 7.83. The molecule has 1 unspecified atom stereocenters. The van der Waals surface area contributed by atoms with Gasteiger partial charge in [-0.3, -0.25) is 4.78 Å². The minimum absolute atomic E-state index is 0.332. The molecule has 0 radical (unpaired) electrons. The van der Waals surface area contributed by atoms with Crippen molar-refractivity contribution in [3.8, 4) is 0 Å². The summed E-state index contributed by atoms with van der Waals surface area (Å²) in [4.78, 5) is 5.00. The van der Waals surface area contributed by atoms with Gasteiger partial charge in [0.05, 0.1) is 0 Å². The molecule has 1 atom stereocenters. The first-order chi connectivity index (χ1) is 6.15. The molecule has 4 nitrogen and oxygen atoms in total. The summed E-state index contributed by atoms with van der Waals surface area (Å²) in [5, 5.41) is 0.332. The number of nitrogens with two attached hydrogens (primary N) is 1. The van der Waals surface area contributed by atoms with Gasteiger partial charge in [0.1, 0.15) is 5.82 Å². The molecule has 72 valence electrons. The summed E-state index contributed by atoms with van der Waals surface area (Å²) in [6.45, 7) is 4.07. The van der Waals surface area contributed by atoms with Crippen molar-refractivity contribution in [3.63, 3.8) is 0 Å².